The van der Waals surface area contributed by atoms with E-state index in [1.807, 2.05) is 42.5 Å². The van der Waals surface area contributed by atoms with Crippen molar-refractivity contribution in [3.8, 4) is 17.1 Å². The van der Waals surface area contributed by atoms with Gasteiger partial charge in [-0.2, -0.15) is 0 Å². The van der Waals surface area contributed by atoms with Crippen LogP contribution >= 0.6 is 11.6 Å². The molecule has 4 aromatic rings. The smallest absolute Gasteiger partial charge is 0.141 e. The average Bonchev–Trinajstić information content (AvgIpc) is 3.03. The third kappa shape index (κ3) is 3.56. The number of para-hydroxylation sites is 3. The molecule has 0 fully saturated rings. The maximum atomic E-state index is 6.13. The second-order valence-electron chi connectivity index (χ2n) is 6.65. The van der Waals surface area contributed by atoms with Crippen molar-refractivity contribution in [1.29, 1.82) is 0 Å². The van der Waals surface area contributed by atoms with Crippen molar-refractivity contribution in [1.82, 2.24) is 9.55 Å². The zero-order valence-corrected chi connectivity index (χ0v) is 16.2. The Bertz CT molecular complexity index is 1060. The van der Waals surface area contributed by atoms with E-state index >= 15 is 0 Å². The molecule has 0 aliphatic heterocycles. The van der Waals surface area contributed by atoms with Gasteiger partial charge in [-0.15, -0.1) is 0 Å². The van der Waals surface area contributed by atoms with E-state index in [2.05, 4.69) is 42.7 Å². The molecule has 0 aliphatic rings. The Hall–Kier alpha value is -2.78. The van der Waals surface area contributed by atoms with Crippen LogP contribution in [-0.4, -0.2) is 16.2 Å². The molecule has 0 spiro atoms. The van der Waals surface area contributed by atoms with Crippen LogP contribution in [0, 0.1) is 13.8 Å². The molecular formula is C23H21ClN2O. The number of benzene rings is 3. The maximum Gasteiger partial charge on any atom is 0.141 e. The minimum absolute atomic E-state index is 0.576. The second kappa shape index (κ2) is 7.45. The molecule has 27 heavy (non-hydrogen) atoms. The summed E-state index contributed by atoms with van der Waals surface area (Å²) in [6.07, 6.45) is 0. The summed E-state index contributed by atoms with van der Waals surface area (Å²) in [6, 6.07) is 22.2. The first-order chi connectivity index (χ1) is 13.1. The molecule has 0 N–H and O–H groups in total. The molecule has 0 bridgehead atoms. The Morgan fingerprint density at radius 2 is 1.59 bits per heavy atom. The summed E-state index contributed by atoms with van der Waals surface area (Å²) in [5, 5.41) is 0.722. The number of hydrogen-bond donors (Lipinski definition) is 0. The molecule has 0 saturated heterocycles. The van der Waals surface area contributed by atoms with Gasteiger partial charge in [0, 0.05) is 10.6 Å². The summed E-state index contributed by atoms with van der Waals surface area (Å²) >= 11 is 6.05. The summed E-state index contributed by atoms with van der Waals surface area (Å²) in [6.45, 7) is 5.45. The van der Waals surface area contributed by atoms with Crippen LogP contribution in [0.4, 0.5) is 0 Å². The highest BCUT2D eigenvalue weighted by Crippen LogP contribution is 2.27. The normalized spacial score (nSPS) is 11.1. The first kappa shape index (κ1) is 17.6. The van der Waals surface area contributed by atoms with Crippen molar-refractivity contribution < 1.29 is 4.74 Å². The summed E-state index contributed by atoms with van der Waals surface area (Å²) < 4.78 is 8.34. The van der Waals surface area contributed by atoms with E-state index in [1.165, 1.54) is 0 Å². The Kier molecular flexibility index (Phi) is 4.87. The predicted octanol–water partition coefficient (Wildman–Crippen LogP) is 6.05. The van der Waals surface area contributed by atoms with Crippen LogP contribution in [-0.2, 0) is 6.54 Å². The van der Waals surface area contributed by atoms with Gasteiger partial charge in [-0.05, 0) is 61.4 Å². The van der Waals surface area contributed by atoms with Crippen LogP contribution < -0.4 is 4.74 Å². The molecular weight excluding hydrogens is 356 g/mol. The topological polar surface area (TPSA) is 27.1 Å². The van der Waals surface area contributed by atoms with Gasteiger partial charge in [-0.25, -0.2) is 4.98 Å². The fourth-order valence-corrected chi connectivity index (χ4v) is 3.51. The largest absolute Gasteiger partial charge is 0.491 e. The molecule has 0 saturated carbocycles. The lowest BCUT2D eigenvalue weighted by Gasteiger charge is -2.14. The van der Waals surface area contributed by atoms with Gasteiger partial charge in [-0.3, -0.25) is 0 Å². The SMILES string of the molecule is Cc1cccc(C)c1OCCn1c(-c2ccc(Cl)cc2)nc2ccccc21. The lowest BCUT2D eigenvalue weighted by atomic mass is 10.1. The number of ether oxygens (including phenoxy) is 1. The number of imidazole rings is 1. The fraction of sp³-hybridized carbons (Fsp3) is 0.174. The number of aryl methyl sites for hydroxylation is 2. The van der Waals surface area contributed by atoms with Gasteiger partial charge in [0.15, 0.2) is 0 Å². The maximum absolute atomic E-state index is 6.13. The van der Waals surface area contributed by atoms with E-state index in [1.54, 1.807) is 0 Å². The van der Waals surface area contributed by atoms with E-state index in [-0.39, 0.29) is 0 Å². The number of aromatic nitrogens is 2. The van der Waals surface area contributed by atoms with Gasteiger partial charge >= 0.3 is 0 Å². The molecule has 1 aromatic heterocycles. The standard InChI is InChI=1S/C23H21ClN2O/c1-16-6-5-7-17(2)22(16)27-15-14-26-21-9-4-3-8-20(21)25-23(26)18-10-12-19(24)13-11-18/h3-13H,14-15H2,1-2H3. The van der Waals surface area contributed by atoms with Crippen molar-refractivity contribution >= 4 is 22.6 Å². The van der Waals surface area contributed by atoms with Gasteiger partial charge in [0.05, 0.1) is 17.6 Å². The van der Waals surface area contributed by atoms with E-state index in [0.717, 1.165) is 44.3 Å². The quantitative estimate of drug-likeness (QED) is 0.423. The molecule has 0 atom stereocenters. The van der Waals surface area contributed by atoms with Crippen LogP contribution in [0.25, 0.3) is 22.4 Å². The zero-order chi connectivity index (χ0) is 18.8. The van der Waals surface area contributed by atoms with Crippen molar-refractivity contribution in [2.45, 2.75) is 20.4 Å². The summed E-state index contributed by atoms with van der Waals surface area (Å²) in [5.74, 6) is 1.90. The highest BCUT2D eigenvalue weighted by molar-refractivity contribution is 6.30. The highest BCUT2D eigenvalue weighted by atomic mass is 35.5. The van der Waals surface area contributed by atoms with Gasteiger partial charge in [0.1, 0.15) is 18.2 Å². The van der Waals surface area contributed by atoms with Gasteiger partial charge in [0.25, 0.3) is 0 Å². The minimum Gasteiger partial charge on any atom is -0.491 e. The molecule has 3 nitrogen and oxygen atoms in total. The summed E-state index contributed by atoms with van der Waals surface area (Å²) in [7, 11) is 0. The van der Waals surface area contributed by atoms with Gasteiger partial charge in [0.2, 0.25) is 0 Å². The third-order valence-electron chi connectivity index (χ3n) is 4.73. The zero-order valence-electron chi connectivity index (χ0n) is 15.4. The first-order valence-corrected chi connectivity index (χ1v) is 9.41. The van der Waals surface area contributed by atoms with Crippen molar-refractivity contribution in [2.24, 2.45) is 0 Å². The monoisotopic (exact) mass is 376 g/mol. The van der Waals surface area contributed by atoms with E-state index < -0.39 is 0 Å². The number of rotatable bonds is 5. The fourth-order valence-electron chi connectivity index (χ4n) is 3.39. The molecule has 0 unspecified atom stereocenters. The Labute approximate surface area is 164 Å². The van der Waals surface area contributed by atoms with Crippen LogP contribution in [0.1, 0.15) is 11.1 Å². The number of halogens is 1. The van der Waals surface area contributed by atoms with E-state index in [9.17, 15) is 0 Å². The predicted molar refractivity (Wildman–Crippen MR) is 112 cm³/mol. The summed E-state index contributed by atoms with van der Waals surface area (Å²) in [4.78, 5) is 4.84. The van der Waals surface area contributed by atoms with E-state index in [0.29, 0.717) is 13.2 Å². The van der Waals surface area contributed by atoms with Gasteiger partial charge in [-0.1, -0.05) is 41.9 Å². The average molecular weight is 377 g/mol. The van der Waals surface area contributed by atoms with Crippen LogP contribution in [0.2, 0.25) is 5.02 Å². The molecule has 4 rings (SSSR count). The highest BCUT2D eigenvalue weighted by Gasteiger charge is 2.13. The van der Waals surface area contributed by atoms with Crippen LogP contribution in [0.3, 0.4) is 0 Å². The molecule has 136 valence electrons. The van der Waals surface area contributed by atoms with Crippen molar-refractivity contribution in [3.05, 3.63) is 82.9 Å². The number of nitrogens with zero attached hydrogens (tertiary/aromatic N) is 2. The Morgan fingerprint density at radius 3 is 2.33 bits per heavy atom. The molecule has 4 heteroatoms. The van der Waals surface area contributed by atoms with E-state index in [4.69, 9.17) is 21.3 Å². The minimum atomic E-state index is 0.576. The van der Waals surface area contributed by atoms with Crippen molar-refractivity contribution in [2.75, 3.05) is 6.61 Å². The number of hydrogen-bond acceptors (Lipinski definition) is 2. The van der Waals surface area contributed by atoms with Gasteiger partial charge < -0.3 is 9.30 Å². The lowest BCUT2D eigenvalue weighted by Crippen LogP contribution is -2.10. The second-order valence-corrected chi connectivity index (χ2v) is 7.09. The molecule has 3 aromatic carbocycles. The third-order valence-corrected chi connectivity index (χ3v) is 4.98. The molecule has 0 aliphatic carbocycles. The first-order valence-electron chi connectivity index (χ1n) is 9.04. The molecule has 0 amide bonds. The Balaban J connectivity index is 1.66. The molecule has 0 radical (unpaired) electrons. The number of fused-ring (bicyclic) bond motifs is 1. The molecule has 1 heterocycles. The Morgan fingerprint density at radius 1 is 0.889 bits per heavy atom. The van der Waals surface area contributed by atoms with Crippen molar-refractivity contribution in [3.63, 3.8) is 0 Å². The van der Waals surface area contributed by atoms with Crippen LogP contribution in [0.5, 0.6) is 5.75 Å². The summed E-state index contributed by atoms with van der Waals surface area (Å²) in [5.41, 5.74) is 5.44. The van der Waals surface area contributed by atoms with Crippen LogP contribution in [0.15, 0.2) is 66.7 Å². The lowest BCUT2D eigenvalue weighted by molar-refractivity contribution is 0.297.